The lowest BCUT2D eigenvalue weighted by atomic mass is 9.93. The Balaban J connectivity index is 1.57. The number of hydrogen-bond donors (Lipinski definition) is 1. The Morgan fingerprint density at radius 1 is 1.07 bits per heavy atom. The standard InChI is InChI=1S/C24H28N2O3S/c1-29-24(28)17-13-11-16(12-14-17)15-25-23-21(19-9-5-6-10-20(19)30-23)22(27)26-18-7-3-2-4-8-18/h11-15,18H,2-10H2,1H3,(H,26,27)/b25-15-. The molecule has 1 saturated carbocycles. The molecule has 0 radical (unpaired) electrons. The summed E-state index contributed by atoms with van der Waals surface area (Å²) in [6.07, 6.45) is 11.9. The smallest absolute Gasteiger partial charge is 0.337 e. The predicted octanol–water partition coefficient (Wildman–Crippen LogP) is 5.23. The molecule has 0 unspecified atom stereocenters. The Hall–Kier alpha value is -2.47. The minimum Gasteiger partial charge on any atom is -0.465 e. The van der Waals surface area contributed by atoms with E-state index in [0.717, 1.165) is 48.2 Å². The van der Waals surface area contributed by atoms with Crippen LogP contribution < -0.4 is 5.32 Å². The monoisotopic (exact) mass is 424 g/mol. The zero-order valence-electron chi connectivity index (χ0n) is 17.4. The van der Waals surface area contributed by atoms with E-state index in [4.69, 9.17) is 9.73 Å². The van der Waals surface area contributed by atoms with Crippen LogP contribution in [0.15, 0.2) is 29.3 Å². The van der Waals surface area contributed by atoms with Crippen LogP contribution in [0.25, 0.3) is 0 Å². The quantitative estimate of drug-likeness (QED) is 0.528. The lowest BCUT2D eigenvalue weighted by Crippen LogP contribution is -2.36. The van der Waals surface area contributed by atoms with Gasteiger partial charge in [-0.05, 0) is 61.8 Å². The first-order valence-electron chi connectivity index (χ1n) is 10.8. The van der Waals surface area contributed by atoms with Gasteiger partial charge in [-0.2, -0.15) is 0 Å². The molecule has 1 heterocycles. The third-order valence-electron chi connectivity index (χ3n) is 5.98. The van der Waals surface area contributed by atoms with Gasteiger partial charge in [-0.3, -0.25) is 4.79 Å². The third kappa shape index (κ3) is 4.64. The van der Waals surface area contributed by atoms with E-state index in [-0.39, 0.29) is 17.9 Å². The van der Waals surface area contributed by atoms with Crippen molar-refractivity contribution in [1.29, 1.82) is 0 Å². The number of carbonyl (C=O) groups is 2. The van der Waals surface area contributed by atoms with Crippen molar-refractivity contribution in [2.24, 2.45) is 4.99 Å². The van der Waals surface area contributed by atoms with Gasteiger partial charge < -0.3 is 10.1 Å². The molecule has 1 aromatic heterocycles. The van der Waals surface area contributed by atoms with Gasteiger partial charge in [0.2, 0.25) is 0 Å². The molecule has 0 bridgehead atoms. The van der Waals surface area contributed by atoms with E-state index in [0.29, 0.717) is 5.56 Å². The van der Waals surface area contributed by atoms with Crippen molar-refractivity contribution in [2.45, 2.75) is 63.8 Å². The summed E-state index contributed by atoms with van der Waals surface area (Å²) < 4.78 is 4.74. The van der Waals surface area contributed by atoms with Gasteiger partial charge >= 0.3 is 5.97 Å². The number of rotatable bonds is 5. The van der Waals surface area contributed by atoms with Crippen molar-refractivity contribution in [3.63, 3.8) is 0 Å². The highest BCUT2D eigenvalue weighted by molar-refractivity contribution is 7.16. The van der Waals surface area contributed by atoms with Crippen LogP contribution in [0, 0.1) is 0 Å². The molecule has 2 aliphatic carbocycles. The summed E-state index contributed by atoms with van der Waals surface area (Å²) in [5.74, 6) is -0.319. The van der Waals surface area contributed by atoms with Gasteiger partial charge in [-0.25, -0.2) is 9.79 Å². The zero-order valence-corrected chi connectivity index (χ0v) is 18.2. The fourth-order valence-electron chi connectivity index (χ4n) is 4.34. The second-order valence-electron chi connectivity index (χ2n) is 8.07. The van der Waals surface area contributed by atoms with Gasteiger partial charge in [-0.15, -0.1) is 11.3 Å². The number of benzene rings is 1. The highest BCUT2D eigenvalue weighted by Crippen LogP contribution is 2.40. The van der Waals surface area contributed by atoms with E-state index < -0.39 is 0 Å². The summed E-state index contributed by atoms with van der Waals surface area (Å²) in [6.45, 7) is 0. The second-order valence-corrected chi connectivity index (χ2v) is 9.15. The maximum atomic E-state index is 13.2. The number of fused-ring (bicyclic) bond motifs is 1. The number of ether oxygens (including phenoxy) is 1. The summed E-state index contributed by atoms with van der Waals surface area (Å²) in [6, 6.07) is 7.41. The summed E-state index contributed by atoms with van der Waals surface area (Å²) in [4.78, 5) is 30.8. The lowest BCUT2D eigenvalue weighted by molar-refractivity contribution is 0.0600. The molecular formula is C24H28N2O3S. The summed E-state index contributed by atoms with van der Waals surface area (Å²) in [5, 5.41) is 4.08. The topological polar surface area (TPSA) is 67.8 Å². The first-order chi connectivity index (χ1) is 14.7. The van der Waals surface area contributed by atoms with Gasteiger partial charge in [0.25, 0.3) is 5.91 Å². The van der Waals surface area contributed by atoms with E-state index in [9.17, 15) is 9.59 Å². The number of nitrogens with one attached hydrogen (secondary N) is 1. The van der Waals surface area contributed by atoms with Gasteiger partial charge in [0, 0.05) is 17.1 Å². The van der Waals surface area contributed by atoms with Crippen LogP contribution in [-0.2, 0) is 17.6 Å². The molecule has 0 atom stereocenters. The van der Waals surface area contributed by atoms with Crippen LogP contribution in [0.1, 0.15) is 81.7 Å². The largest absolute Gasteiger partial charge is 0.465 e. The zero-order chi connectivity index (χ0) is 20.9. The van der Waals surface area contributed by atoms with Crippen molar-refractivity contribution in [1.82, 2.24) is 5.32 Å². The molecule has 2 aliphatic rings. The van der Waals surface area contributed by atoms with Crippen LogP contribution in [-0.4, -0.2) is 31.2 Å². The number of aryl methyl sites for hydroxylation is 1. The fourth-order valence-corrected chi connectivity index (χ4v) is 5.57. The second kappa shape index (κ2) is 9.56. The molecule has 0 spiro atoms. The molecule has 30 heavy (non-hydrogen) atoms. The van der Waals surface area contributed by atoms with E-state index >= 15 is 0 Å². The normalized spacial score (nSPS) is 17.0. The Labute approximate surface area is 181 Å². The number of amides is 1. The van der Waals surface area contributed by atoms with Gasteiger partial charge in [0.05, 0.1) is 18.2 Å². The summed E-state index contributed by atoms with van der Waals surface area (Å²) in [7, 11) is 1.37. The molecule has 1 aromatic carbocycles. The minimum absolute atomic E-state index is 0.0366. The number of thiophene rings is 1. The molecule has 6 heteroatoms. The molecule has 1 amide bonds. The molecule has 158 valence electrons. The van der Waals surface area contributed by atoms with Gasteiger partial charge in [0.1, 0.15) is 5.00 Å². The van der Waals surface area contributed by atoms with E-state index in [1.165, 1.54) is 43.2 Å². The predicted molar refractivity (Wildman–Crippen MR) is 120 cm³/mol. The SMILES string of the molecule is COC(=O)c1ccc(/C=N\c2sc3c(c2C(=O)NC2CCCCC2)CCCC3)cc1. The molecular weight excluding hydrogens is 396 g/mol. The van der Waals surface area contributed by atoms with E-state index in [1.54, 1.807) is 29.7 Å². The van der Waals surface area contributed by atoms with Crippen molar-refractivity contribution < 1.29 is 14.3 Å². The summed E-state index contributed by atoms with van der Waals surface area (Å²) in [5.41, 5.74) is 3.37. The van der Waals surface area contributed by atoms with Crippen LogP contribution >= 0.6 is 11.3 Å². The average Bonchev–Trinajstić information content (AvgIpc) is 3.16. The molecule has 4 rings (SSSR count). The Kier molecular flexibility index (Phi) is 6.62. The van der Waals surface area contributed by atoms with Crippen LogP contribution in [0.3, 0.4) is 0 Å². The number of methoxy groups -OCH3 is 1. The fraction of sp³-hybridized carbons (Fsp3) is 0.458. The lowest BCUT2D eigenvalue weighted by Gasteiger charge is -2.23. The van der Waals surface area contributed by atoms with Crippen molar-refractivity contribution in [3.8, 4) is 0 Å². The number of esters is 1. The molecule has 2 aromatic rings. The Bertz CT molecular complexity index is 940. The minimum atomic E-state index is -0.355. The molecule has 0 aliphatic heterocycles. The molecule has 5 nitrogen and oxygen atoms in total. The molecule has 1 N–H and O–H groups in total. The maximum Gasteiger partial charge on any atom is 0.337 e. The highest BCUT2D eigenvalue weighted by atomic mass is 32.1. The summed E-state index contributed by atoms with van der Waals surface area (Å²) >= 11 is 1.65. The Morgan fingerprint density at radius 2 is 1.80 bits per heavy atom. The van der Waals surface area contributed by atoms with Crippen molar-refractivity contribution in [2.75, 3.05) is 7.11 Å². The molecule has 0 saturated heterocycles. The maximum absolute atomic E-state index is 13.2. The third-order valence-corrected chi connectivity index (χ3v) is 7.18. The van der Waals surface area contributed by atoms with Crippen LogP contribution in [0.2, 0.25) is 0 Å². The first-order valence-corrected chi connectivity index (χ1v) is 11.6. The van der Waals surface area contributed by atoms with Crippen LogP contribution in [0.4, 0.5) is 5.00 Å². The van der Waals surface area contributed by atoms with Crippen molar-refractivity contribution in [3.05, 3.63) is 51.4 Å². The van der Waals surface area contributed by atoms with Crippen LogP contribution in [0.5, 0.6) is 0 Å². The average molecular weight is 425 g/mol. The number of hydrogen-bond acceptors (Lipinski definition) is 5. The van der Waals surface area contributed by atoms with Gasteiger partial charge in [-0.1, -0.05) is 31.4 Å². The molecule has 1 fully saturated rings. The van der Waals surface area contributed by atoms with Crippen molar-refractivity contribution >= 4 is 34.4 Å². The number of aliphatic imine (C=N–C) groups is 1. The number of carbonyl (C=O) groups excluding carboxylic acids is 2. The number of nitrogens with zero attached hydrogens (tertiary/aromatic N) is 1. The first kappa shape index (κ1) is 20.8. The highest BCUT2D eigenvalue weighted by Gasteiger charge is 2.27. The van der Waals surface area contributed by atoms with Gasteiger partial charge in [0.15, 0.2) is 0 Å². The Morgan fingerprint density at radius 3 is 2.53 bits per heavy atom. The van der Waals surface area contributed by atoms with E-state index in [2.05, 4.69) is 5.32 Å². The van der Waals surface area contributed by atoms with E-state index in [1.807, 2.05) is 12.1 Å².